The van der Waals surface area contributed by atoms with Gasteiger partial charge in [-0.2, -0.15) is 0 Å². The molecule has 0 aliphatic carbocycles. The molecule has 3 N–H and O–H groups in total. The Morgan fingerprint density at radius 2 is 1.88 bits per heavy atom. The second-order valence-corrected chi connectivity index (χ2v) is 7.14. The van der Waals surface area contributed by atoms with Crippen LogP contribution in [-0.2, 0) is 4.79 Å². The maximum atomic E-state index is 12.3. The van der Waals surface area contributed by atoms with Gasteiger partial charge in [-0.3, -0.25) is 24.7 Å². The number of nitro benzene ring substituents is 1. The molecule has 0 radical (unpaired) electrons. The third-order valence-electron chi connectivity index (χ3n) is 4.87. The van der Waals surface area contributed by atoms with E-state index in [9.17, 15) is 19.7 Å². The summed E-state index contributed by atoms with van der Waals surface area (Å²) < 4.78 is 5.74. The van der Waals surface area contributed by atoms with Crippen LogP contribution in [0.1, 0.15) is 16.1 Å². The molecule has 10 nitrogen and oxygen atoms in total. The summed E-state index contributed by atoms with van der Waals surface area (Å²) >= 11 is 0. The van der Waals surface area contributed by atoms with Crippen molar-refractivity contribution in [1.82, 2.24) is 15.3 Å². The lowest BCUT2D eigenvalue weighted by Gasteiger charge is -2.08. The molecule has 0 spiro atoms. The number of rotatable bonds is 7. The van der Waals surface area contributed by atoms with Crippen LogP contribution in [0.4, 0.5) is 11.4 Å². The highest BCUT2D eigenvalue weighted by Gasteiger charge is 2.10. The van der Waals surface area contributed by atoms with Crippen LogP contribution in [0.15, 0.2) is 73.1 Å². The Bertz CT molecular complexity index is 1410. The van der Waals surface area contributed by atoms with Gasteiger partial charge in [-0.1, -0.05) is 0 Å². The molecule has 170 valence electrons. The van der Waals surface area contributed by atoms with Crippen molar-refractivity contribution in [3.05, 3.63) is 94.4 Å². The number of hydrogen-bond acceptors (Lipinski definition) is 6. The minimum Gasteiger partial charge on any atom is -0.457 e. The summed E-state index contributed by atoms with van der Waals surface area (Å²) in [6.07, 6.45) is 6.17. The Morgan fingerprint density at radius 3 is 2.62 bits per heavy atom. The molecule has 0 aliphatic heterocycles. The minimum atomic E-state index is -0.460. The summed E-state index contributed by atoms with van der Waals surface area (Å²) in [6, 6.07) is 14.4. The molecule has 0 fully saturated rings. The van der Waals surface area contributed by atoms with Crippen LogP contribution < -0.4 is 15.4 Å². The van der Waals surface area contributed by atoms with E-state index < -0.39 is 4.92 Å². The third kappa shape index (κ3) is 5.07. The number of non-ortho nitro benzene ring substituents is 1. The summed E-state index contributed by atoms with van der Waals surface area (Å²) in [5.41, 5.74) is 2.14. The van der Waals surface area contributed by atoms with Crippen molar-refractivity contribution in [2.75, 3.05) is 12.4 Å². The van der Waals surface area contributed by atoms with Crippen molar-refractivity contribution in [2.24, 2.45) is 0 Å². The van der Waals surface area contributed by atoms with E-state index in [4.69, 9.17) is 4.74 Å². The molecule has 2 aromatic heterocycles. The Kier molecular flexibility index (Phi) is 6.31. The van der Waals surface area contributed by atoms with E-state index in [1.165, 1.54) is 37.5 Å². The molecule has 0 atom stereocenters. The number of hydrogen-bond donors (Lipinski definition) is 3. The summed E-state index contributed by atoms with van der Waals surface area (Å²) in [4.78, 5) is 41.4. The molecule has 4 rings (SSSR count). The summed E-state index contributed by atoms with van der Waals surface area (Å²) in [5.74, 6) is 0.327. The first-order valence-corrected chi connectivity index (χ1v) is 10.1. The number of anilines is 1. The smallest absolute Gasteiger partial charge is 0.271 e. The van der Waals surface area contributed by atoms with Gasteiger partial charge in [0, 0.05) is 54.8 Å². The maximum Gasteiger partial charge on any atom is 0.271 e. The largest absolute Gasteiger partial charge is 0.457 e. The highest BCUT2D eigenvalue weighted by Crippen LogP contribution is 2.25. The van der Waals surface area contributed by atoms with Gasteiger partial charge in [0.05, 0.1) is 10.4 Å². The number of aromatic nitrogens is 2. The average molecular weight is 457 g/mol. The number of amides is 2. The van der Waals surface area contributed by atoms with Gasteiger partial charge in [-0.15, -0.1) is 0 Å². The molecule has 4 aromatic rings. The number of pyridine rings is 1. The van der Waals surface area contributed by atoms with E-state index in [-0.39, 0.29) is 23.2 Å². The summed E-state index contributed by atoms with van der Waals surface area (Å²) in [7, 11) is 1.52. The monoisotopic (exact) mass is 457 g/mol. The van der Waals surface area contributed by atoms with Gasteiger partial charge in [-0.25, -0.2) is 0 Å². The van der Waals surface area contributed by atoms with Crippen LogP contribution in [0.3, 0.4) is 0 Å². The first-order chi connectivity index (χ1) is 16.4. The number of nitrogens with zero attached hydrogens (tertiary/aromatic N) is 2. The van der Waals surface area contributed by atoms with Crippen molar-refractivity contribution in [2.45, 2.75) is 0 Å². The summed E-state index contributed by atoms with van der Waals surface area (Å²) in [6.45, 7) is 0. The first-order valence-electron chi connectivity index (χ1n) is 10.1. The molecule has 0 saturated heterocycles. The van der Waals surface area contributed by atoms with E-state index >= 15 is 0 Å². The van der Waals surface area contributed by atoms with E-state index in [0.29, 0.717) is 22.7 Å². The lowest BCUT2D eigenvalue weighted by molar-refractivity contribution is -0.384. The van der Waals surface area contributed by atoms with Gasteiger partial charge in [0.1, 0.15) is 17.2 Å². The van der Waals surface area contributed by atoms with E-state index in [1.807, 2.05) is 0 Å². The molecule has 0 aliphatic rings. The molecule has 0 unspecified atom stereocenters. The topological polar surface area (TPSA) is 139 Å². The molecular weight excluding hydrogens is 438 g/mol. The zero-order valence-corrected chi connectivity index (χ0v) is 17.9. The average Bonchev–Trinajstić information content (AvgIpc) is 3.26. The van der Waals surface area contributed by atoms with Crippen LogP contribution in [0.25, 0.3) is 17.0 Å². The molecule has 2 heterocycles. The number of nitro groups is 1. The fourth-order valence-corrected chi connectivity index (χ4v) is 3.21. The number of H-pyrrole nitrogens is 1. The Labute approximate surface area is 193 Å². The number of benzene rings is 2. The Balaban J connectivity index is 1.38. The molecule has 2 amide bonds. The van der Waals surface area contributed by atoms with Crippen LogP contribution in [0, 0.1) is 10.1 Å². The SMILES string of the molecule is CNC(=O)c1cc(Oc2ccc(NC(=O)C=Cc3c[nH]c4cc([N+](=O)[O-])ccc34)cc2)ccn1. The molecule has 10 heteroatoms. The van der Waals surface area contributed by atoms with Gasteiger partial charge in [0.15, 0.2) is 0 Å². The standard InChI is InChI=1S/C24H19N5O5/c1-25-24(31)22-13-19(10-11-26-22)34-18-6-3-16(4-7-18)28-23(30)9-2-15-14-27-21-12-17(29(32)33)5-8-20(15)21/h2-14,27H,1H3,(H,25,31)(H,28,30). The number of nitrogens with one attached hydrogen (secondary N) is 3. The van der Waals surface area contributed by atoms with Gasteiger partial charge in [0.2, 0.25) is 5.91 Å². The zero-order chi connectivity index (χ0) is 24.1. The maximum absolute atomic E-state index is 12.3. The van der Waals surface area contributed by atoms with Crippen molar-refractivity contribution in [3.8, 4) is 11.5 Å². The van der Waals surface area contributed by atoms with Crippen molar-refractivity contribution in [1.29, 1.82) is 0 Å². The van der Waals surface area contributed by atoms with E-state index in [2.05, 4.69) is 20.6 Å². The quantitative estimate of drug-likeness (QED) is 0.215. The molecule has 2 aromatic carbocycles. The Morgan fingerprint density at radius 1 is 1.09 bits per heavy atom. The van der Waals surface area contributed by atoms with Crippen LogP contribution in [-0.4, -0.2) is 33.8 Å². The zero-order valence-electron chi connectivity index (χ0n) is 17.9. The predicted octanol–water partition coefficient (Wildman–Crippen LogP) is 4.27. The number of carbonyl (C=O) groups is 2. The third-order valence-corrected chi connectivity index (χ3v) is 4.87. The molecular formula is C24H19N5O5. The van der Waals surface area contributed by atoms with Gasteiger partial charge in [-0.05, 0) is 48.0 Å². The fourth-order valence-electron chi connectivity index (χ4n) is 3.21. The van der Waals surface area contributed by atoms with E-state index in [1.54, 1.807) is 48.7 Å². The first kappa shape index (κ1) is 22.2. The van der Waals surface area contributed by atoms with Crippen molar-refractivity contribution >= 4 is 40.2 Å². The Hall–Kier alpha value is -4.99. The lowest BCUT2D eigenvalue weighted by Crippen LogP contribution is -2.18. The van der Waals surface area contributed by atoms with Gasteiger partial charge in [0.25, 0.3) is 11.6 Å². The number of carbonyl (C=O) groups excluding carboxylic acids is 2. The lowest BCUT2D eigenvalue weighted by atomic mass is 10.1. The number of fused-ring (bicyclic) bond motifs is 1. The van der Waals surface area contributed by atoms with E-state index in [0.717, 1.165) is 10.9 Å². The second kappa shape index (κ2) is 9.65. The predicted molar refractivity (Wildman–Crippen MR) is 127 cm³/mol. The minimum absolute atomic E-state index is 0.00845. The fraction of sp³-hybridized carbons (Fsp3) is 0.0417. The molecule has 0 bridgehead atoms. The van der Waals surface area contributed by atoms with Crippen molar-refractivity contribution < 1.29 is 19.2 Å². The van der Waals surface area contributed by atoms with Crippen LogP contribution in [0.2, 0.25) is 0 Å². The van der Waals surface area contributed by atoms with Crippen molar-refractivity contribution in [3.63, 3.8) is 0 Å². The highest BCUT2D eigenvalue weighted by atomic mass is 16.6. The number of ether oxygens (including phenoxy) is 1. The number of aromatic amines is 1. The highest BCUT2D eigenvalue weighted by molar-refractivity contribution is 6.03. The van der Waals surface area contributed by atoms with Gasteiger partial charge >= 0.3 is 0 Å². The van der Waals surface area contributed by atoms with Gasteiger partial charge < -0.3 is 20.4 Å². The molecule has 34 heavy (non-hydrogen) atoms. The normalized spacial score (nSPS) is 10.9. The summed E-state index contributed by atoms with van der Waals surface area (Å²) in [5, 5.41) is 16.9. The van der Waals surface area contributed by atoms with Crippen LogP contribution >= 0.6 is 0 Å². The van der Waals surface area contributed by atoms with Crippen LogP contribution in [0.5, 0.6) is 11.5 Å². The molecule has 0 saturated carbocycles. The second-order valence-electron chi connectivity index (χ2n) is 7.14.